The van der Waals surface area contributed by atoms with Crippen LogP contribution in [0.2, 0.25) is 0 Å². The highest BCUT2D eigenvalue weighted by molar-refractivity contribution is 7.98. The fourth-order valence-electron chi connectivity index (χ4n) is 4.24. The van der Waals surface area contributed by atoms with Crippen molar-refractivity contribution < 1.29 is 14.3 Å². The van der Waals surface area contributed by atoms with E-state index in [1.54, 1.807) is 26.0 Å². The first-order valence-electron chi connectivity index (χ1n) is 13.2. The van der Waals surface area contributed by atoms with Gasteiger partial charge in [0.05, 0.1) is 14.2 Å². The number of methoxy groups -OCH3 is 2. The third-order valence-corrected chi connectivity index (χ3v) is 7.69. The van der Waals surface area contributed by atoms with Crippen LogP contribution >= 0.6 is 11.8 Å². The van der Waals surface area contributed by atoms with Crippen molar-refractivity contribution in [3.05, 3.63) is 106 Å². The molecule has 0 radical (unpaired) electrons. The maximum atomic E-state index is 12.5. The van der Waals surface area contributed by atoms with E-state index < -0.39 is 0 Å². The number of aryl methyl sites for hydroxylation is 1. The van der Waals surface area contributed by atoms with E-state index in [2.05, 4.69) is 30.3 Å². The van der Waals surface area contributed by atoms with E-state index in [9.17, 15) is 4.79 Å². The Labute approximate surface area is 241 Å². The summed E-state index contributed by atoms with van der Waals surface area (Å²) in [4.78, 5) is 24.3. The summed E-state index contributed by atoms with van der Waals surface area (Å²) in [5.41, 5.74) is 6.03. The molecule has 1 N–H and O–H groups in total. The van der Waals surface area contributed by atoms with Gasteiger partial charge in [0.1, 0.15) is 5.82 Å². The average Bonchev–Trinajstić information content (AvgIpc) is 2.99. The minimum Gasteiger partial charge on any atom is -0.493 e. The van der Waals surface area contributed by atoms with Crippen LogP contribution in [0.15, 0.2) is 78.0 Å². The highest BCUT2D eigenvalue weighted by atomic mass is 32.2. The number of likely N-dealkylation sites (N-methyl/N-ethyl adjacent to an activating group) is 1. The Hall–Kier alpha value is -4.04. The highest BCUT2D eigenvalue weighted by Crippen LogP contribution is 2.29. The molecule has 1 aromatic heterocycles. The molecule has 1 heterocycles. The first kappa shape index (κ1) is 29.0. The van der Waals surface area contributed by atoms with Crippen molar-refractivity contribution in [1.82, 2.24) is 15.3 Å². The molecule has 0 aliphatic carbocycles. The monoisotopic (exact) mass is 556 g/mol. The van der Waals surface area contributed by atoms with Crippen LogP contribution in [0.5, 0.6) is 11.5 Å². The quantitative estimate of drug-likeness (QED) is 0.169. The maximum Gasteiger partial charge on any atom is 0.251 e. The van der Waals surface area contributed by atoms with Crippen LogP contribution in [0.4, 0.5) is 5.82 Å². The Bertz CT molecular complexity index is 1430. The zero-order valence-electron chi connectivity index (χ0n) is 23.7. The Morgan fingerprint density at radius 3 is 2.27 bits per heavy atom. The number of hydrogen-bond donors (Lipinski definition) is 1. The lowest BCUT2D eigenvalue weighted by Crippen LogP contribution is -2.23. The first-order chi connectivity index (χ1) is 19.4. The molecule has 0 aliphatic rings. The van der Waals surface area contributed by atoms with Gasteiger partial charge in [-0.15, -0.1) is 0 Å². The molecular weight excluding hydrogens is 520 g/mol. The molecular formula is C32H36N4O3S. The fourth-order valence-corrected chi connectivity index (χ4v) is 5.08. The molecule has 0 bridgehead atoms. The normalized spacial score (nSPS) is 10.7. The van der Waals surface area contributed by atoms with Crippen LogP contribution in [0.1, 0.15) is 38.3 Å². The van der Waals surface area contributed by atoms with Crippen LogP contribution in [0.25, 0.3) is 0 Å². The van der Waals surface area contributed by atoms with Gasteiger partial charge in [-0.3, -0.25) is 4.79 Å². The molecule has 0 saturated carbocycles. The highest BCUT2D eigenvalue weighted by Gasteiger charge is 2.14. The Kier molecular flexibility index (Phi) is 10.0. The Morgan fingerprint density at radius 1 is 0.875 bits per heavy atom. The van der Waals surface area contributed by atoms with Crippen LogP contribution in [-0.4, -0.2) is 43.7 Å². The summed E-state index contributed by atoms with van der Waals surface area (Å²) >= 11 is 1.59. The van der Waals surface area contributed by atoms with Crippen molar-refractivity contribution in [3.8, 4) is 11.5 Å². The number of thioether (sulfide) groups is 1. The number of nitrogens with zero attached hydrogens (tertiary/aromatic N) is 3. The number of anilines is 1. The largest absolute Gasteiger partial charge is 0.493 e. The van der Waals surface area contributed by atoms with E-state index in [0.717, 1.165) is 57.8 Å². The molecule has 8 heteroatoms. The standard InChI is InChI=1S/C32H36N4O3S/c1-22-23(2)34-32(35-30(22)36(3)18-17-24-13-16-28(38-4)29(19-24)39-5)40-21-26-11-14-27(15-12-26)31(37)33-20-25-9-7-6-8-10-25/h6-16,19H,17-18,20-21H2,1-5H3,(H,33,37). The van der Waals surface area contributed by atoms with Gasteiger partial charge in [0.2, 0.25) is 0 Å². The van der Waals surface area contributed by atoms with Gasteiger partial charge in [-0.2, -0.15) is 0 Å². The van der Waals surface area contributed by atoms with E-state index in [-0.39, 0.29) is 5.91 Å². The molecule has 0 aliphatic heterocycles. The molecule has 4 aromatic rings. The number of carbonyl (C=O) groups excluding carboxylic acids is 1. The number of benzene rings is 3. The lowest BCUT2D eigenvalue weighted by atomic mass is 10.1. The summed E-state index contributed by atoms with van der Waals surface area (Å²) < 4.78 is 10.8. The fraction of sp³-hybridized carbons (Fsp3) is 0.281. The molecule has 0 unspecified atom stereocenters. The van der Waals surface area contributed by atoms with Crippen LogP contribution in [0.3, 0.4) is 0 Å². The molecule has 4 rings (SSSR count). The molecule has 0 fully saturated rings. The summed E-state index contributed by atoms with van der Waals surface area (Å²) in [6.07, 6.45) is 0.840. The predicted molar refractivity (Wildman–Crippen MR) is 162 cm³/mol. The molecule has 7 nitrogen and oxygen atoms in total. The summed E-state index contributed by atoms with van der Waals surface area (Å²) in [5, 5.41) is 3.71. The van der Waals surface area contributed by atoms with E-state index in [4.69, 9.17) is 19.4 Å². The molecule has 0 atom stereocenters. The topological polar surface area (TPSA) is 76.6 Å². The summed E-state index contributed by atoms with van der Waals surface area (Å²) in [5.74, 6) is 3.02. The Balaban J connectivity index is 1.35. The lowest BCUT2D eigenvalue weighted by Gasteiger charge is -2.22. The van der Waals surface area contributed by atoms with Gasteiger partial charge >= 0.3 is 0 Å². The number of hydrogen-bond acceptors (Lipinski definition) is 7. The van der Waals surface area contributed by atoms with Crippen molar-refractivity contribution in [1.29, 1.82) is 0 Å². The number of rotatable bonds is 12. The minimum absolute atomic E-state index is 0.0821. The number of carbonyl (C=O) groups is 1. The van der Waals surface area contributed by atoms with Crippen LogP contribution in [-0.2, 0) is 18.7 Å². The number of ether oxygens (including phenoxy) is 2. The SMILES string of the molecule is COc1ccc(CCN(C)c2nc(SCc3ccc(C(=O)NCc4ccccc4)cc3)nc(C)c2C)cc1OC. The Morgan fingerprint density at radius 2 is 1.57 bits per heavy atom. The van der Waals surface area contributed by atoms with Crippen molar-refractivity contribution in [3.63, 3.8) is 0 Å². The number of nitrogens with one attached hydrogen (secondary N) is 1. The van der Waals surface area contributed by atoms with Gasteiger partial charge in [-0.25, -0.2) is 9.97 Å². The van der Waals surface area contributed by atoms with Crippen LogP contribution in [0, 0.1) is 13.8 Å². The third-order valence-electron chi connectivity index (χ3n) is 6.77. The van der Waals surface area contributed by atoms with Gasteiger partial charge in [-0.05, 0) is 61.2 Å². The van der Waals surface area contributed by atoms with Crippen molar-refractivity contribution >= 4 is 23.5 Å². The van der Waals surface area contributed by atoms with Crippen LogP contribution < -0.4 is 19.7 Å². The zero-order chi connectivity index (χ0) is 28.5. The third kappa shape index (κ3) is 7.54. The average molecular weight is 557 g/mol. The molecule has 0 saturated heterocycles. The second-order valence-corrected chi connectivity index (χ2v) is 10.5. The van der Waals surface area contributed by atoms with E-state index >= 15 is 0 Å². The van der Waals surface area contributed by atoms with E-state index in [0.29, 0.717) is 17.9 Å². The van der Waals surface area contributed by atoms with Crippen molar-refractivity contribution in [2.24, 2.45) is 0 Å². The molecule has 0 spiro atoms. The summed E-state index contributed by atoms with van der Waals surface area (Å²) in [7, 11) is 5.35. The molecule has 40 heavy (non-hydrogen) atoms. The predicted octanol–water partition coefficient (Wildman–Crippen LogP) is 6.01. The van der Waals surface area contributed by atoms with Gasteiger partial charge in [0.25, 0.3) is 5.91 Å². The second kappa shape index (κ2) is 13.8. The maximum absolute atomic E-state index is 12.5. The first-order valence-corrected chi connectivity index (χ1v) is 14.2. The van der Waals surface area contributed by atoms with Gasteiger partial charge in [-0.1, -0.05) is 60.3 Å². The molecule has 1 amide bonds. The molecule has 208 valence electrons. The van der Waals surface area contributed by atoms with Gasteiger partial charge in [0.15, 0.2) is 16.7 Å². The second-order valence-electron chi connectivity index (χ2n) is 9.55. The number of aromatic nitrogens is 2. The minimum atomic E-state index is -0.0821. The summed E-state index contributed by atoms with van der Waals surface area (Å²) in [6, 6.07) is 23.6. The van der Waals surface area contributed by atoms with Crippen molar-refractivity contribution in [2.75, 3.05) is 32.7 Å². The van der Waals surface area contributed by atoms with Crippen molar-refractivity contribution in [2.45, 2.75) is 37.7 Å². The zero-order valence-corrected chi connectivity index (χ0v) is 24.5. The van der Waals surface area contributed by atoms with Gasteiger partial charge < -0.3 is 19.7 Å². The number of amides is 1. The molecule has 3 aromatic carbocycles. The lowest BCUT2D eigenvalue weighted by molar-refractivity contribution is 0.0951. The van der Waals surface area contributed by atoms with Gasteiger partial charge in [0, 0.05) is 42.7 Å². The van der Waals surface area contributed by atoms with E-state index in [1.807, 2.05) is 73.7 Å². The van der Waals surface area contributed by atoms with E-state index in [1.165, 1.54) is 5.56 Å². The summed E-state index contributed by atoms with van der Waals surface area (Å²) in [6.45, 7) is 5.39. The smallest absolute Gasteiger partial charge is 0.251 e.